The van der Waals surface area contributed by atoms with E-state index in [1.165, 1.54) is 11.1 Å². The lowest BCUT2D eigenvalue weighted by atomic mass is 10.1. The van der Waals surface area contributed by atoms with Crippen molar-refractivity contribution in [2.45, 2.75) is 11.4 Å². The smallest absolute Gasteiger partial charge is 0.101 e. The zero-order valence-electron chi connectivity index (χ0n) is 11.7. The molecule has 0 spiro atoms. The van der Waals surface area contributed by atoms with E-state index < -0.39 is 0 Å². The molecule has 0 amide bonds. The highest BCUT2D eigenvalue weighted by molar-refractivity contribution is 8.15. The lowest BCUT2D eigenvalue weighted by molar-refractivity contribution is 0.349. The minimum absolute atomic E-state index is 0.200. The highest BCUT2D eigenvalue weighted by Gasteiger charge is 2.33. The Hall–Kier alpha value is -1.58. The Bertz CT molecular complexity index is 593. The molecular weight excluding hydrogens is 264 g/mol. The number of hydrogen-bond acceptors (Lipinski definition) is 3. The second-order valence-electron chi connectivity index (χ2n) is 5.13. The van der Waals surface area contributed by atoms with Crippen LogP contribution in [0.5, 0.6) is 0 Å². The third kappa shape index (κ3) is 2.65. The SMILES string of the molecule is CN(C)[C@H]1SC(c2ccccc2)=N[C@@H]1c1ccccc1. The summed E-state index contributed by atoms with van der Waals surface area (Å²) in [6, 6.07) is 21.2. The number of aliphatic imine (C=N–C) groups is 1. The Kier molecular flexibility index (Phi) is 3.90. The first-order valence-corrected chi connectivity index (χ1v) is 7.65. The maximum Gasteiger partial charge on any atom is 0.101 e. The molecule has 0 unspecified atom stereocenters. The van der Waals surface area contributed by atoms with Crippen LogP contribution < -0.4 is 0 Å². The third-order valence-corrected chi connectivity index (χ3v) is 4.91. The second kappa shape index (κ2) is 5.81. The van der Waals surface area contributed by atoms with Crippen LogP contribution in [0.1, 0.15) is 17.2 Å². The van der Waals surface area contributed by atoms with Crippen LogP contribution in [0.2, 0.25) is 0 Å². The summed E-state index contributed by atoms with van der Waals surface area (Å²) in [6.45, 7) is 0. The molecule has 1 aliphatic rings. The Labute approximate surface area is 124 Å². The van der Waals surface area contributed by atoms with Crippen LogP contribution in [-0.4, -0.2) is 29.4 Å². The van der Waals surface area contributed by atoms with Crippen molar-refractivity contribution >= 4 is 16.8 Å². The summed E-state index contributed by atoms with van der Waals surface area (Å²) in [6.07, 6.45) is 0. The fourth-order valence-corrected chi connectivity index (χ4v) is 3.63. The van der Waals surface area contributed by atoms with Crippen molar-refractivity contribution in [3.05, 3.63) is 71.8 Å². The molecule has 1 aliphatic heterocycles. The average Bonchev–Trinajstić information content (AvgIpc) is 2.94. The summed E-state index contributed by atoms with van der Waals surface area (Å²) in [4.78, 5) is 7.22. The van der Waals surface area contributed by atoms with Gasteiger partial charge >= 0.3 is 0 Å². The lowest BCUT2D eigenvalue weighted by Crippen LogP contribution is -2.28. The minimum Gasteiger partial charge on any atom is -0.295 e. The van der Waals surface area contributed by atoms with Gasteiger partial charge in [-0.2, -0.15) is 0 Å². The summed E-state index contributed by atoms with van der Waals surface area (Å²) in [5.74, 6) is 0. The molecule has 20 heavy (non-hydrogen) atoms. The molecular formula is C17H18N2S. The van der Waals surface area contributed by atoms with Gasteiger partial charge in [-0.1, -0.05) is 72.4 Å². The van der Waals surface area contributed by atoms with E-state index in [9.17, 15) is 0 Å². The van der Waals surface area contributed by atoms with Crippen LogP contribution in [-0.2, 0) is 0 Å². The molecule has 0 fully saturated rings. The van der Waals surface area contributed by atoms with Gasteiger partial charge < -0.3 is 0 Å². The molecule has 3 rings (SSSR count). The van der Waals surface area contributed by atoms with Gasteiger partial charge in [0.1, 0.15) is 11.1 Å². The molecule has 0 saturated heterocycles. The third-order valence-electron chi connectivity index (χ3n) is 3.43. The van der Waals surface area contributed by atoms with E-state index in [0.29, 0.717) is 5.37 Å². The molecule has 102 valence electrons. The fraction of sp³-hybridized carbons (Fsp3) is 0.235. The van der Waals surface area contributed by atoms with E-state index in [1.54, 1.807) is 0 Å². The van der Waals surface area contributed by atoms with E-state index in [2.05, 4.69) is 73.6 Å². The number of hydrogen-bond donors (Lipinski definition) is 0. The number of nitrogens with zero attached hydrogens (tertiary/aromatic N) is 2. The number of rotatable bonds is 3. The van der Waals surface area contributed by atoms with Gasteiger partial charge in [0.25, 0.3) is 0 Å². The summed E-state index contributed by atoms with van der Waals surface area (Å²) in [7, 11) is 4.24. The summed E-state index contributed by atoms with van der Waals surface area (Å²) in [5, 5.41) is 1.49. The molecule has 0 bridgehead atoms. The summed E-state index contributed by atoms with van der Waals surface area (Å²) < 4.78 is 0. The topological polar surface area (TPSA) is 15.6 Å². The van der Waals surface area contributed by atoms with Crippen molar-refractivity contribution < 1.29 is 0 Å². The van der Waals surface area contributed by atoms with Crippen molar-refractivity contribution in [1.29, 1.82) is 0 Å². The summed E-state index contributed by atoms with van der Waals surface area (Å²) in [5.41, 5.74) is 2.49. The second-order valence-corrected chi connectivity index (χ2v) is 6.23. The Morgan fingerprint density at radius 1 is 0.900 bits per heavy atom. The van der Waals surface area contributed by atoms with Crippen LogP contribution in [0.25, 0.3) is 0 Å². The van der Waals surface area contributed by atoms with Crippen molar-refractivity contribution in [2.75, 3.05) is 14.1 Å². The summed E-state index contributed by atoms with van der Waals surface area (Å²) >= 11 is 1.85. The maximum atomic E-state index is 4.97. The monoisotopic (exact) mass is 282 g/mol. The van der Waals surface area contributed by atoms with Gasteiger partial charge in [0, 0.05) is 5.56 Å². The largest absolute Gasteiger partial charge is 0.295 e. The molecule has 0 N–H and O–H groups in total. The van der Waals surface area contributed by atoms with Crippen LogP contribution >= 0.6 is 11.8 Å². The van der Waals surface area contributed by atoms with Gasteiger partial charge in [-0.05, 0) is 19.7 Å². The van der Waals surface area contributed by atoms with Crippen LogP contribution in [0.15, 0.2) is 65.7 Å². The quantitative estimate of drug-likeness (QED) is 0.850. The van der Waals surface area contributed by atoms with Gasteiger partial charge in [-0.15, -0.1) is 0 Å². The van der Waals surface area contributed by atoms with Gasteiger partial charge in [0.2, 0.25) is 0 Å². The van der Waals surface area contributed by atoms with E-state index >= 15 is 0 Å². The van der Waals surface area contributed by atoms with Crippen molar-refractivity contribution in [2.24, 2.45) is 4.99 Å². The highest BCUT2D eigenvalue weighted by Crippen LogP contribution is 2.40. The number of benzene rings is 2. The van der Waals surface area contributed by atoms with E-state index in [-0.39, 0.29) is 6.04 Å². The first-order valence-electron chi connectivity index (χ1n) is 6.77. The van der Waals surface area contributed by atoms with Gasteiger partial charge in [0.15, 0.2) is 0 Å². The van der Waals surface area contributed by atoms with Crippen molar-refractivity contribution in [3.63, 3.8) is 0 Å². The zero-order chi connectivity index (χ0) is 13.9. The molecule has 0 radical (unpaired) electrons. The average molecular weight is 282 g/mol. The van der Waals surface area contributed by atoms with Gasteiger partial charge in [-0.3, -0.25) is 9.89 Å². The molecule has 2 nitrogen and oxygen atoms in total. The molecule has 2 atom stereocenters. The maximum absolute atomic E-state index is 4.97. The van der Waals surface area contributed by atoms with Gasteiger partial charge in [-0.25, -0.2) is 0 Å². The lowest BCUT2D eigenvalue weighted by Gasteiger charge is -2.24. The van der Waals surface area contributed by atoms with E-state index in [1.807, 2.05) is 17.8 Å². The first-order chi connectivity index (χ1) is 9.75. The first kappa shape index (κ1) is 13.4. The van der Waals surface area contributed by atoms with Crippen molar-refractivity contribution in [3.8, 4) is 0 Å². The van der Waals surface area contributed by atoms with Crippen LogP contribution in [0, 0.1) is 0 Å². The Morgan fingerprint density at radius 2 is 1.50 bits per heavy atom. The molecule has 3 heteroatoms. The predicted octanol–water partition coefficient (Wildman–Crippen LogP) is 3.81. The number of thioether (sulfide) groups is 1. The Morgan fingerprint density at radius 3 is 2.10 bits per heavy atom. The molecule has 2 aromatic rings. The van der Waals surface area contributed by atoms with Crippen LogP contribution in [0.4, 0.5) is 0 Å². The molecule has 0 aromatic heterocycles. The van der Waals surface area contributed by atoms with Crippen molar-refractivity contribution in [1.82, 2.24) is 4.90 Å². The zero-order valence-corrected chi connectivity index (χ0v) is 12.5. The van der Waals surface area contributed by atoms with E-state index in [0.717, 1.165) is 5.04 Å². The fourth-order valence-electron chi connectivity index (χ4n) is 2.40. The molecule has 0 aliphatic carbocycles. The van der Waals surface area contributed by atoms with E-state index in [4.69, 9.17) is 4.99 Å². The minimum atomic E-state index is 0.200. The van der Waals surface area contributed by atoms with Crippen LogP contribution in [0.3, 0.4) is 0 Å². The Balaban J connectivity index is 1.96. The highest BCUT2D eigenvalue weighted by atomic mass is 32.2. The molecule has 2 aromatic carbocycles. The normalized spacial score (nSPS) is 22.1. The number of likely N-dealkylation sites (N-methyl/N-ethyl adjacent to an activating group) is 1. The standard InChI is InChI=1S/C17H18N2S/c1-19(2)17-15(13-9-5-3-6-10-13)18-16(20-17)14-11-7-4-8-12-14/h3-12,15,17H,1-2H3/t15-,17+/m1/s1. The predicted molar refractivity (Wildman–Crippen MR) is 87.2 cm³/mol. The molecule has 0 saturated carbocycles. The van der Waals surface area contributed by atoms with Gasteiger partial charge in [0.05, 0.1) is 5.37 Å². The molecule has 1 heterocycles.